The largest absolute Gasteiger partial charge is 0.497 e. The van der Waals surface area contributed by atoms with Gasteiger partial charge in [-0.2, -0.15) is 0 Å². The Morgan fingerprint density at radius 2 is 2.10 bits per heavy atom. The Bertz CT molecular complexity index is 547. The van der Waals surface area contributed by atoms with Crippen molar-refractivity contribution < 1.29 is 9.84 Å². The van der Waals surface area contributed by atoms with E-state index in [1.807, 2.05) is 36.2 Å². The predicted octanol–water partition coefficient (Wildman–Crippen LogP) is 2.37. The van der Waals surface area contributed by atoms with Crippen molar-refractivity contribution >= 4 is 23.1 Å². The number of ether oxygens (including phenoxy) is 1. The van der Waals surface area contributed by atoms with Crippen LogP contribution in [0.15, 0.2) is 24.3 Å². The van der Waals surface area contributed by atoms with Crippen LogP contribution in [0.2, 0.25) is 4.34 Å². The molecular formula is C13H16ClN3O2S. The standard InChI is InChI=1S/C13H16ClN3O2S/c1-17(7-11-13(14)20-16-15-11)12(8-18)9-3-5-10(19-2)6-4-9/h3-6,12,18H,7-8H2,1-2H3. The first-order valence-electron chi connectivity index (χ1n) is 6.07. The van der Waals surface area contributed by atoms with Gasteiger partial charge in [0.05, 0.1) is 19.8 Å². The van der Waals surface area contributed by atoms with Gasteiger partial charge in [0.1, 0.15) is 15.8 Å². The highest BCUT2D eigenvalue weighted by molar-refractivity contribution is 7.10. The molecule has 0 aliphatic carbocycles. The number of aliphatic hydroxyl groups is 1. The van der Waals surface area contributed by atoms with Crippen LogP contribution in [0, 0.1) is 0 Å². The fourth-order valence-electron chi connectivity index (χ4n) is 1.96. The summed E-state index contributed by atoms with van der Waals surface area (Å²) in [5.74, 6) is 0.792. The first kappa shape index (κ1) is 15.2. The Hall–Kier alpha value is -1.21. The van der Waals surface area contributed by atoms with Crippen LogP contribution in [0.1, 0.15) is 17.3 Å². The van der Waals surface area contributed by atoms with E-state index >= 15 is 0 Å². The second-order valence-electron chi connectivity index (χ2n) is 4.38. The number of likely N-dealkylation sites (N-methyl/N-ethyl adjacent to an activating group) is 1. The van der Waals surface area contributed by atoms with Crippen LogP contribution in [-0.2, 0) is 6.54 Å². The molecule has 2 rings (SSSR count). The molecule has 20 heavy (non-hydrogen) atoms. The number of aliphatic hydroxyl groups excluding tert-OH is 1. The van der Waals surface area contributed by atoms with E-state index in [0.29, 0.717) is 10.9 Å². The molecule has 1 N–H and O–H groups in total. The number of rotatable bonds is 6. The Morgan fingerprint density at radius 3 is 2.60 bits per heavy atom. The van der Waals surface area contributed by atoms with Gasteiger partial charge < -0.3 is 9.84 Å². The predicted molar refractivity (Wildman–Crippen MR) is 79.2 cm³/mol. The van der Waals surface area contributed by atoms with Crippen LogP contribution in [0.4, 0.5) is 0 Å². The van der Waals surface area contributed by atoms with Crippen molar-refractivity contribution in [1.82, 2.24) is 14.5 Å². The summed E-state index contributed by atoms with van der Waals surface area (Å²) in [7, 11) is 3.54. The maximum absolute atomic E-state index is 9.63. The van der Waals surface area contributed by atoms with Gasteiger partial charge in [0, 0.05) is 18.1 Å². The third kappa shape index (κ3) is 3.46. The lowest BCUT2D eigenvalue weighted by atomic mass is 10.1. The molecule has 0 fully saturated rings. The highest BCUT2D eigenvalue weighted by Crippen LogP contribution is 2.25. The van der Waals surface area contributed by atoms with E-state index < -0.39 is 0 Å². The number of hydrogen-bond acceptors (Lipinski definition) is 6. The van der Waals surface area contributed by atoms with Crippen LogP contribution in [0.3, 0.4) is 0 Å². The van der Waals surface area contributed by atoms with Gasteiger partial charge in [-0.15, -0.1) is 5.10 Å². The molecule has 1 aromatic heterocycles. The number of halogens is 1. The Balaban J connectivity index is 2.12. The molecule has 5 nitrogen and oxygen atoms in total. The second kappa shape index (κ2) is 6.99. The average molecular weight is 314 g/mol. The third-order valence-corrected chi connectivity index (χ3v) is 4.10. The molecule has 0 aliphatic heterocycles. The Labute approximate surface area is 126 Å². The fraction of sp³-hybridized carbons (Fsp3) is 0.385. The average Bonchev–Trinajstić information content (AvgIpc) is 2.86. The van der Waals surface area contributed by atoms with E-state index in [-0.39, 0.29) is 12.6 Å². The monoisotopic (exact) mass is 313 g/mol. The van der Waals surface area contributed by atoms with Crippen molar-refractivity contribution in [1.29, 1.82) is 0 Å². The Kier molecular flexibility index (Phi) is 5.31. The molecule has 0 amide bonds. The SMILES string of the molecule is COc1ccc(C(CO)N(C)Cc2nnsc2Cl)cc1. The van der Waals surface area contributed by atoms with E-state index in [1.54, 1.807) is 7.11 Å². The number of hydrogen-bond donors (Lipinski definition) is 1. The Morgan fingerprint density at radius 1 is 1.40 bits per heavy atom. The lowest BCUT2D eigenvalue weighted by molar-refractivity contribution is 0.141. The summed E-state index contributed by atoms with van der Waals surface area (Å²) in [6.07, 6.45) is 0. The van der Waals surface area contributed by atoms with Gasteiger partial charge in [0.2, 0.25) is 0 Å². The molecular weight excluding hydrogens is 298 g/mol. The molecule has 0 radical (unpaired) electrons. The summed E-state index contributed by atoms with van der Waals surface area (Å²) in [5, 5.41) is 13.6. The molecule has 1 aromatic carbocycles. The lowest BCUT2D eigenvalue weighted by Crippen LogP contribution is -2.27. The summed E-state index contributed by atoms with van der Waals surface area (Å²) in [4.78, 5) is 1.99. The third-order valence-electron chi connectivity index (χ3n) is 3.11. The van der Waals surface area contributed by atoms with E-state index in [2.05, 4.69) is 9.59 Å². The van der Waals surface area contributed by atoms with Crippen molar-refractivity contribution in [3.8, 4) is 5.75 Å². The van der Waals surface area contributed by atoms with Gasteiger partial charge in [-0.1, -0.05) is 28.2 Å². The highest BCUT2D eigenvalue weighted by Gasteiger charge is 2.18. The van der Waals surface area contributed by atoms with Crippen molar-refractivity contribution in [3.63, 3.8) is 0 Å². The van der Waals surface area contributed by atoms with Crippen LogP contribution in [0.5, 0.6) is 5.75 Å². The summed E-state index contributed by atoms with van der Waals surface area (Å²) in [6.45, 7) is 0.546. The lowest BCUT2D eigenvalue weighted by Gasteiger charge is -2.26. The fourth-order valence-corrected chi connectivity index (χ4v) is 2.58. The first-order chi connectivity index (χ1) is 9.65. The number of aromatic nitrogens is 2. The summed E-state index contributed by atoms with van der Waals surface area (Å²) in [6, 6.07) is 7.51. The van der Waals surface area contributed by atoms with Crippen LogP contribution in [-0.4, -0.2) is 40.4 Å². The molecule has 1 heterocycles. The first-order valence-corrected chi connectivity index (χ1v) is 7.22. The van der Waals surface area contributed by atoms with Crippen molar-refractivity contribution in [3.05, 3.63) is 39.9 Å². The molecule has 2 aromatic rings. The smallest absolute Gasteiger partial charge is 0.138 e. The maximum atomic E-state index is 9.63. The van der Waals surface area contributed by atoms with Crippen molar-refractivity contribution in [2.75, 3.05) is 20.8 Å². The van der Waals surface area contributed by atoms with Crippen LogP contribution in [0.25, 0.3) is 0 Å². The van der Waals surface area contributed by atoms with Gasteiger partial charge in [0.15, 0.2) is 0 Å². The molecule has 1 unspecified atom stereocenters. The van der Waals surface area contributed by atoms with Gasteiger partial charge in [-0.3, -0.25) is 4.90 Å². The molecule has 108 valence electrons. The molecule has 0 saturated carbocycles. The van der Waals surface area contributed by atoms with Gasteiger partial charge in [-0.25, -0.2) is 0 Å². The van der Waals surface area contributed by atoms with E-state index in [9.17, 15) is 5.11 Å². The highest BCUT2D eigenvalue weighted by atomic mass is 35.5. The molecule has 0 aliphatic rings. The minimum Gasteiger partial charge on any atom is -0.497 e. The number of nitrogens with zero attached hydrogens (tertiary/aromatic N) is 3. The van der Waals surface area contributed by atoms with E-state index in [4.69, 9.17) is 16.3 Å². The quantitative estimate of drug-likeness (QED) is 0.887. The zero-order valence-electron chi connectivity index (χ0n) is 11.3. The molecule has 0 saturated heterocycles. The van der Waals surface area contributed by atoms with Crippen molar-refractivity contribution in [2.24, 2.45) is 0 Å². The molecule has 7 heteroatoms. The summed E-state index contributed by atoms with van der Waals surface area (Å²) < 4.78 is 9.53. The molecule has 1 atom stereocenters. The van der Waals surface area contributed by atoms with Gasteiger partial charge in [0.25, 0.3) is 0 Å². The minimum absolute atomic E-state index is 0.0119. The molecule has 0 spiro atoms. The topological polar surface area (TPSA) is 58.5 Å². The second-order valence-corrected chi connectivity index (χ2v) is 5.74. The van der Waals surface area contributed by atoms with Gasteiger partial charge in [-0.05, 0) is 24.7 Å². The zero-order valence-corrected chi connectivity index (χ0v) is 12.9. The number of methoxy groups -OCH3 is 1. The minimum atomic E-state index is -0.126. The van der Waals surface area contributed by atoms with E-state index in [0.717, 1.165) is 17.0 Å². The van der Waals surface area contributed by atoms with Gasteiger partial charge >= 0.3 is 0 Å². The number of benzene rings is 1. The maximum Gasteiger partial charge on any atom is 0.138 e. The summed E-state index contributed by atoms with van der Waals surface area (Å²) in [5.41, 5.74) is 1.74. The van der Waals surface area contributed by atoms with Crippen LogP contribution < -0.4 is 4.74 Å². The molecule has 0 bridgehead atoms. The van der Waals surface area contributed by atoms with Crippen LogP contribution >= 0.6 is 23.1 Å². The van der Waals surface area contributed by atoms with E-state index in [1.165, 1.54) is 11.5 Å². The zero-order chi connectivity index (χ0) is 14.5. The normalized spacial score (nSPS) is 12.7. The summed E-state index contributed by atoms with van der Waals surface area (Å²) >= 11 is 7.17. The van der Waals surface area contributed by atoms with Crippen molar-refractivity contribution in [2.45, 2.75) is 12.6 Å².